The van der Waals surface area contributed by atoms with Crippen molar-refractivity contribution < 1.29 is 9.53 Å². The van der Waals surface area contributed by atoms with Crippen molar-refractivity contribution in [3.63, 3.8) is 0 Å². The van der Waals surface area contributed by atoms with Crippen molar-refractivity contribution in [2.24, 2.45) is 0 Å². The van der Waals surface area contributed by atoms with Crippen LogP contribution in [-0.2, 0) is 17.7 Å². The van der Waals surface area contributed by atoms with Gasteiger partial charge in [-0.3, -0.25) is 4.98 Å². The van der Waals surface area contributed by atoms with Crippen molar-refractivity contribution >= 4 is 48.9 Å². The van der Waals surface area contributed by atoms with Gasteiger partial charge in [-0.2, -0.15) is 0 Å². The second-order valence-corrected chi connectivity index (χ2v) is 8.48. The van der Waals surface area contributed by atoms with Gasteiger partial charge in [-0.25, -0.2) is 4.79 Å². The summed E-state index contributed by atoms with van der Waals surface area (Å²) in [5.41, 5.74) is 2.62. The number of fused-ring (bicyclic) bond motifs is 2. The largest absolute Gasteiger partial charge is 0.444 e. The summed E-state index contributed by atoms with van der Waals surface area (Å²) in [5, 5.41) is 1.05. The molecule has 0 atom stereocenters. The van der Waals surface area contributed by atoms with Gasteiger partial charge in [0.15, 0.2) is 0 Å². The van der Waals surface area contributed by atoms with Crippen molar-refractivity contribution in [2.45, 2.75) is 39.3 Å². The SMILES string of the molecule is CC(C)(C)OC(=O)N1CCc2nc3c(Br)cc(Br)cc3cc2C1. The number of pyridine rings is 1. The molecule has 2 heterocycles. The van der Waals surface area contributed by atoms with Gasteiger partial charge in [0.05, 0.1) is 12.1 Å². The van der Waals surface area contributed by atoms with Gasteiger partial charge in [-0.1, -0.05) is 15.9 Å². The standard InChI is InChI=1S/C17H18Br2N2O2/c1-17(2,3)23-16(22)21-5-4-14-11(9-21)6-10-7-12(18)8-13(19)15(10)20-14/h6-8H,4-5,9H2,1-3H3. The Balaban J connectivity index is 1.91. The highest BCUT2D eigenvalue weighted by molar-refractivity contribution is 9.11. The Bertz CT molecular complexity index is 784. The molecule has 122 valence electrons. The maximum absolute atomic E-state index is 12.3. The number of hydrogen-bond acceptors (Lipinski definition) is 3. The molecule has 0 saturated heterocycles. The molecule has 1 aliphatic heterocycles. The second-order valence-electron chi connectivity index (χ2n) is 6.71. The van der Waals surface area contributed by atoms with E-state index in [-0.39, 0.29) is 6.09 Å². The van der Waals surface area contributed by atoms with Gasteiger partial charge in [0.2, 0.25) is 0 Å². The molecule has 0 saturated carbocycles. The Hall–Kier alpha value is -1.14. The average molecular weight is 442 g/mol. The summed E-state index contributed by atoms with van der Waals surface area (Å²) in [6.07, 6.45) is 0.478. The molecule has 23 heavy (non-hydrogen) atoms. The van der Waals surface area contributed by atoms with Crippen LogP contribution in [0.2, 0.25) is 0 Å². The average Bonchev–Trinajstić information content (AvgIpc) is 2.43. The van der Waals surface area contributed by atoms with E-state index in [0.717, 1.165) is 37.5 Å². The zero-order chi connectivity index (χ0) is 16.8. The normalized spacial score (nSPS) is 14.7. The summed E-state index contributed by atoms with van der Waals surface area (Å²) in [6, 6.07) is 6.15. The first kappa shape index (κ1) is 16.7. The molecule has 3 rings (SSSR count). The number of benzene rings is 1. The minimum absolute atomic E-state index is 0.265. The van der Waals surface area contributed by atoms with E-state index >= 15 is 0 Å². The fourth-order valence-corrected chi connectivity index (χ4v) is 4.00. The molecule has 1 amide bonds. The Kier molecular flexibility index (Phi) is 4.40. The zero-order valence-corrected chi connectivity index (χ0v) is 16.5. The van der Waals surface area contributed by atoms with Crippen molar-refractivity contribution in [1.29, 1.82) is 0 Å². The number of carbonyl (C=O) groups excluding carboxylic acids is 1. The highest BCUT2D eigenvalue weighted by atomic mass is 79.9. The van der Waals surface area contributed by atoms with Crippen LogP contribution in [0.4, 0.5) is 4.79 Å². The van der Waals surface area contributed by atoms with E-state index in [1.165, 1.54) is 0 Å². The van der Waals surface area contributed by atoms with E-state index in [2.05, 4.69) is 37.9 Å². The lowest BCUT2D eigenvalue weighted by molar-refractivity contribution is 0.0223. The minimum Gasteiger partial charge on any atom is -0.444 e. The molecular formula is C17H18Br2N2O2. The molecule has 0 fully saturated rings. The smallest absolute Gasteiger partial charge is 0.410 e. The quantitative estimate of drug-likeness (QED) is 0.574. The molecule has 1 aromatic carbocycles. The fraction of sp³-hybridized carbons (Fsp3) is 0.412. The van der Waals surface area contributed by atoms with Crippen LogP contribution in [0.1, 0.15) is 32.0 Å². The summed E-state index contributed by atoms with van der Waals surface area (Å²) in [6.45, 7) is 6.82. The third-order valence-electron chi connectivity index (χ3n) is 3.64. The van der Waals surface area contributed by atoms with Gasteiger partial charge in [-0.05, 0) is 60.5 Å². The highest BCUT2D eigenvalue weighted by Gasteiger charge is 2.26. The van der Waals surface area contributed by atoms with Crippen LogP contribution in [0, 0.1) is 0 Å². The second kappa shape index (κ2) is 6.06. The lowest BCUT2D eigenvalue weighted by atomic mass is 10.0. The van der Waals surface area contributed by atoms with Crippen molar-refractivity contribution in [2.75, 3.05) is 6.54 Å². The highest BCUT2D eigenvalue weighted by Crippen LogP contribution is 2.30. The molecule has 4 nitrogen and oxygen atoms in total. The summed E-state index contributed by atoms with van der Waals surface area (Å²) in [5.74, 6) is 0. The number of hydrogen-bond donors (Lipinski definition) is 0. The number of amides is 1. The van der Waals surface area contributed by atoms with Crippen molar-refractivity contribution in [1.82, 2.24) is 9.88 Å². The number of ether oxygens (including phenoxy) is 1. The van der Waals surface area contributed by atoms with Crippen molar-refractivity contribution in [3.05, 3.63) is 38.4 Å². The molecular weight excluding hydrogens is 424 g/mol. The van der Waals surface area contributed by atoms with Crippen LogP contribution in [0.25, 0.3) is 10.9 Å². The summed E-state index contributed by atoms with van der Waals surface area (Å²) in [7, 11) is 0. The monoisotopic (exact) mass is 440 g/mol. The van der Waals surface area contributed by atoms with Gasteiger partial charge in [-0.15, -0.1) is 0 Å². The Morgan fingerprint density at radius 1 is 1.26 bits per heavy atom. The van der Waals surface area contributed by atoms with Crippen molar-refractivity contribution in [3.8, 4) is 0 Å². The van der Waals surface area contributed by atoms with Gasteiger partial charge < -0.3 is 9.64 Å². The molecule has 0 spiro atoms. The lowest BCUT2D eigenvalue weighted by Crippen LogP contribution is -2.40. The molecule has 1 aliphatic rings. The Labute approximate surface area is 152 Å². The third-order valence-corrected chi connectivity index (χ3v) is 4.70. The van der Waals surface area contributed by atoms with Gasteiger partial charge in [0.1, 0.15) is 5.60 Å². The Morgan fingerprint density at radius 2 is 2.00 bits per heavy atom. The van der Waals surface area contributed by atoms with Gasteiger partial charge >= 0.3 is 6.09 Å². The molecule has 0 bridgehead atoms. The summed E-state index contributed by atoms with van der Waals surface area (Å²) >= 11 is 7.07. The predicted molar refractivity (Wildman–Crippen MR) is 97.5 cm³/mol. The number of halogens is 2. The third kappa shape index (κ3) is 3.69. The first-order valence-electron chi connectivity index (χ1n) is 7.48. The van der Waals surface area contributed by atoms with Crippen LogP contribution in [-0.4, -0.2) is 28.1 Å². The van der Waals surface area contributed by atoms with Gasteiger partial charge in [0.25, 0.3) is 0 Å². The number of nitrogens with zero attached hydrogens (tertiary/aromatic N) is 2. The minimum atomic E-state index is -0.477. The van der Waals surface area contributed by atoms with E-state index in [1.54, 1.807) is 4.90 Å². The lowest BCUT2D eigenvalue weighted by Gasteiger charge is -2.31. The number of carbonyl (C=O) groups is 1. The van der Waals surface area contributed by atoms with E-state index in [4.69, 9.17) is 9.72 Å². The molecule has 0 radical (unpaired) electrons. The molecule has 0 aliphatic carbocycles. The van der Waals surface area contributed by atoms with E-state index in [1.807, 2.05) is 32.9 Å². The summed E-state index contributed by atoms with van der Waals surface area (Å²) in [4.78, 5) is 18.8. The first-order valence-corrected chi connectivity index (χ1v) is 9.07. The van der Waals surface area contributed by atoms with Crippen LogP contribution < -0.4 is 0 Å². The maximum atomic E-state index is 12.3. The zero-order valence-electron chi connectivity index (χ0n) is 13.3. The number of aromatic nitrogens is 1. The summed E-state index contributed by atoms with van der Waals surface area (Å²) < 4.78 is 7.44. The van der Waals surface area contributed by atoms with Crippen LogP contribution in [0.5, 0.6) is 0 Å². The Morgan fingerprint density at radius 3 is 2.70 bits per heavy atom. The maximum Gasteiger partial charge on any atom is 0.410 e. The van der Waals surface area contributed by atoms with Crippen LogP contribution in [0.3, 0.4) is 0 Å². The molecule has 0 unspecified atom stereocenters. The molecule has 1 aromatic heterocycles. The fourth-order valence-electron chi connectivity index (χ4n) is 2.65. The van der Waals surface area contributed by atoms with E-state index < -0.39 is 5.60 Å². The van der Waals surface area contributed by atoms with E-state index in [9.17, 15) is 4.79 Å². The molecule has 0 N–H and O–H groups in total. The van der Waals surface area contributed by atoms with Crippen LogP contribution >= 0.6 is 31.9 Å². The molecule has 6 heteroatoms. The van der Waals surface area contributed by atoms with Crippen LogP contribution in [0.15, 0.2) is 27.1 Å². The first-order chi connectivity index (χ1) is 10.7. The predicted octanol–water partition coefficient (Wildman–Crippen LogP) is 5.05. The van der Waals surface area contributed by atoms with Gasteiger partial charge in [0, 0.05) is 33.0 Å². The molecule has 2 aromatic rings. The van der Waals surface area contributed by atoms with E-state index in [0.29, 0.717) is 13.1 Å². The topological polar surface area (TPSA) is 42.4 Å². The number of rotatable bonds is 0.